The third kappa shape index (κ3) is 6.50. The maximum atomic E-state index is 12.9. The first kappa shape index (κ1) is 25.1. The second-order valence-corrected chi connectivity index (χ2v) is 9.13. The van der Waals surface area contributed by atoms with Crippen molar-refractivity contribution in [1.29, 1.82) is 16.2 Å². The van der Waals surface area contributed by atoms with Gasteiger partial charge in [-0.3, -0.25) is 21.0 Å². The number of aryl methyl sites for hydroxylation is 2. The first-order valence-electron chi connectivity index (χ1n) is 11.7. The highest BCUT2D eigenvalue weighted by Crippen LogP contribution is 2.23. The summed E-state index contributed by atoms with van der Waals surface area (Å²) in [7, 11) is 0. The normalized spacial score (nSPS) is 15.6. The molecule has 34 heavy (non-hydrogen) atoms. The predicted molar refractivity (Wildman–Crippen MR) is 136 cm³/mol. The first-order chi connectivity index (χ1) is 16.1. The van der Waals surface area contributed by atoms with Crippen molar-refractivity contribution in [3.05, 3.63) is 64.5 Å². The lowest BCUT2D eigenvalue weighted by molar-refractivity contribution is -0.130. The van der Waals surface area contributed by atoms with E-state index in [1.807, 2.05) is 18.7 Å². The molecule has 0 saturated carbocycles. The van der Waals surface area contributed by atoms with Crippen LogP contribution in [0.2, 0.25) is 0 Å². The van der Waals surface area contributed by atoms with Gasteiger partial charge in [0.25, 0.3) is 0 Å². The molecular formula is C26H35N7O. The van der Waals surface area contributed by atoms with E-state index in [0.29, 0.717) is 18.8 Å². The van der Waals surface area contributed by atoms with Crippen LogP contribution in [0, 0.1) is 42.9 Å². The van der Waals surface area contributed by atoms with Crippen molar-refractivity contribution in [3.8, 4) is 0 Å². The highest BCUT2D eigenvalue weighted by Gasteiger charge is 2.26. The van der Waals surface area contributed by atoms with Gasteiger partial charge >= 0.3 is 0 Å². The molecule has 0 aliphatic carbocycles. The minimum atomic E-state index is 0.0379. The zero-order valence-electron chi connectivity index (χ0n) is 20.5. The smallest absolute Gasteiger partial charge is 0.222 e. The van der Waals surface area contributed by atoms with E-state index in [1.165, 1.54) is 28.0 Å². The van der Waals surface area contributed by atoms with Gasteiger partial charge in [0.05, 0.1) is 11.5 Å². The molecule has 1 aliphatic heterocycles. The van der Waals surface area contributed by atoms with E-state index in [4.69, 9.17) is 16.2 Å². The SMILES string of the molecule is CC(=N)NC(=N)/C=C\C(=N)n1nc(C)c(CCC(=O)N2CCC(Cc3cccc(C)c3)C2)c1C. The number of allylic oxidation sites excluding steroid dienone is 1. The molecule has 1 aromatic heterocycles. The average Bonchev–Trinajstić information content (AvgIpc) is 3.34. The molecule has 8 heteroatoms. The summed E-state index contributed by atoms with van der Waals surface area (Å²) >= 11 is 0. The monoisotopic (exact) mass is 461 g/mol. The Kier molecular flexibility index (Phi) is 8.15. The number of hydrogen-bond acceptors (Lipinski definition) is 5. The molecule has 2 aromatic rings. The second-order valence-electron chi connectivity index (χ2n) is 9.13. The minimum Gasteiger partial charge on any atom is -0.342 e. The number of rotatable bonds is 7. The number of amides is 1. The molecule has 0 bridgehead atoms. The van der Waals surface area contributed by atoms with Gasteiger partial charge in [0.2, 0.25) is 5.91 Å². The molecule has 1 amide bonds. The van der Waals surface area contributed by atoms with Crippen molar-refractivity contribution >= 4 is 23.4 Å². The Balaban J connectivity index is 1.55. The van der Waals surface area contributed by atoms with Crippen LogP contribution in [-0.2, 0) is 17.6 Å². The Morgan fingerprint density at radius 1 is 1.21 bits per heavy atom. The molecule has 180 valence electrons. The third-order valence-electron chi connectivity index (χ3n) is 6.23. The molecule has 3 rings (SSSR count). The van der Waals surface area contributed by atoms with Crippen LogP contribution in [-0.4, -0.2) is 51.2 Å². The van der Waals surface area contributed by atoms with E-state index in [1.54, 1.807) is 6.92 Å². The summed E-state index contributed by atoms with van der Waals surface area (Å²) in [5, 5.41) is 30.5. The minimum absolute atomic E-state index is 0.0379. The van der Waals surface area contributed by atoms with Gasteiger partial charge in [-0.25, -0.2) is 4.68 Å². The topological polar surface area (TPSA) is 122 Å². The van der Waals surface area contributed by atoms with Crippen LogP contribution in [0.25, 0.3) is 0 Å². The molecule has 8 nitrogen and oxygen atoms in total. The van der Waals surface area contributed by atoms with Crippen molar-refractivity contribution in [2.75, 3.05) is 13.1 Å². The Hall–Kier alpha value is -3.55. The maximum Gasteiger partial charge on any atom is 0.222 e. The summed E-state index contributed by atoms with van der Waals surface area (Å²) < 4.78 is 1.53. The molecule has 1 unspecified atom stereocenters. The predicted octanol–water partition coefficient (Wildman–Crippen LogP) is 3.78. The van der Waals surface area contributed by atoms with Gasteiger partial charge in [-0.1, -0.05) is 29.8 Å². The molecule has 1 aromatic carbocycles. The molecule has 1 saturated heterocycles. The van der Waals surface area contributed by atoms with Crippen LogP contribution < -0.4 is 5.32 Å². The maximum absolute atomic E-state index is 12.9. The number of amidine groups is 2. The number of carbonyl (C=O) groups excluding carboxylic acids is 1. The van der Waals surface area contributed by atoms with Crippen LogP contribution in [0.1, 0.15) is 47.8 Å². The van der Waals surface area contributed by atoms with Crippen LogP contribution in [0.4, 0.5) is 0 Å². The third-order valence-corrected chi connectivity index (χ3v) is 6.23. The Morgan fingerprint density at radius 3 is 2.68 bits per heavy atom. The number of likely N-dealkylation sites (tertiary alicyclic amines) is 1. The van der Waals surface area contributed by atoms with Crippen LogP contribution in [0.5, 0.6) is 0 Å². The number of benzene rings is 1. The second kappa shape index (κ2) is 11.0. The van der Waals surface area contributed by atoms with Gasteiger partial charge in [0, 0.05) is 25.2 Å². The van der Waals surface area contributed by atoms with Gasteiger partial charge in [0.15, 0.2) is 0 Å². The lowest BCUT2D eigenvalue weighted by Gasteiger charge is -2.17. The molecule has 0 radical (unpaired) electrons. The van der Waals surface area contributed by atoms with Crippen LogP contribution >= 0.6 is 0 Å². The summed E-state index contributed by atoms with van der Waals surface area (Å²) in [6.45, 7) is 9.09. The summed E-state index contributed by atoms with van der Waals surface area (Å²) in [5.41, 5.74) is 5.25. The van der Waals surface area contributed by atoms with E-state index >= 15 is 0 Å². The van der Waals surface area contributed by atoms with Crippen LogP contribution in [0.15, 0.2) is 36.4 Å². The van der Waals surface area contributed by atoms with Gasteiger partial charge in [-0.15, -0.1) is 0 Å². The molecular weight excluding hydrogens is 426 g/mol. The molecule has 2 heterocycles. The van der Waals surface area contributed by atoms with E-state index in [9.17, 15) is 4.79 Å². The van der Waals surface area contributed by atoms with Crippen LogP contribution in [0.3, 0.4) is 0 Å². The van der Waals surface area contributed by atoms with Crippen molar-refractivity contribution in [1.82, 2.24) is 20.0 Å². The van der Waals surface area contributed by atoms with Gasteiger partial charge in [-0.2, -0.15) is 5.10 Å². The van der Waals surface area contributed by atoms with Crippen molar-refractivity contribution in [2.24, 2.45) is 5.92 Å². The Labute approximate surface area is 201 Å². The number of carbonyl (C=O) groups is 1. The molecule has 0 spiro atoms. The van der Waals surface area contributed by atoms with E-state index in [2.05, 4.69) is 41.6 Å². The summed E-state index contributed by atoms with van der Waals surface area (Å²) in [4.78, 5) is 14.9. The van der Waals surface area contributed by atoms with Crippen molar-refractivity contribution < 1.29 is 4.79 Å². The lowest BCUT2D eigenvalue weighted by Crippen LogP contribution is -2.29. The zero-order chi connectivity index (χ0) is 24.8. The first-order valence-corrected chi connectivity index (χ1v) is 11.7. The number of nitrogens with one attached hydrogen (secondary N) is 4. The van der Waals surface area contributed by atoms with Gasteiger partial charge in [0.1, 0.15) is 11.7 Å². The number of nitrogens with zero attached hydrogens (tertiary/aromatic N) is 3. The summed E-state index contributed by atoms with van der Waals surface area (Å²) in [5.74, 6) is 1.02. The van der Waals surface area contributed by atoms with Crippen molar-refractivity contribution in [2.45, 2.75) is 53.4 Å². The number of hydrogen-bond donors (Lipinski definition) is 4. The fourth-order valence-electron chi connectivity index (χ4n) is 4.54. The highest BCUT2D eigenvalue weighted by atomic mass is 16.2. The summed E-state index contributed by atoms with van der Waals surface area (Å²) in [6.07, 6.45) is 5.99. The average molecular weight is 462 g/mol. The van der Waals surface area contributed by atoms with E-state index < -0.39 is 0 Å². The Bertz CT molecular complexity index is 1130. The molecule has 1 atom stereocenters. The molecule has 1 aliphatic rings. The van der Waals surface area contributed by atoms with Gasteiger partial charge < -0.3 is 10.2 Å². The Morgan fingerprint density at radius 2 is 1.97 bits per heavy atom. The highest BCUT2D eigenvalue weighted by molar-refractivity contribution is 6.06. The fourth-order valence-corrected chi connectivity index (χ4v) is 4.54. The summed E-state index contributed by atoms with van der Waals surface area (Å²) in [6, 6.07) is 8.61. The zero-order valence-corrected chi connectivity index (χ0v) is 20.5. The largest absolute Gasteiger partial charge is 0.342 e. The molecule has 1 fully saturated rings. The quantitative estimate of drug-likeness (QED) is 0.371. The standard InChI is InChI=1S/C26H35N7O/c1-17-6-5-7-21(14-17)15-22-12-13-32(16-22)26(34)11-8-23-18(2)31-33(19(23)3)25(29)10-9-24(28)30-20(4)27/h5-7,9-10,14,22,29H,8,11-13,15-16H2,1-4H3,(H3,27,28,30)/b10-9-,29-25?. The van der Waals surface area contributed by atoms with Crippen molar-refractivity contribution in [3.63, 3.8) is 0 Å². The van der Waals surface area contributed by atoms with E-state index in [0.717, 1.165) is 42.9 Å². The number of aromatic nitrogens is 2. The molecule has 4 N–H and O–H groups in total. The lowest BCUT2D eigenvalue weighted by atomic mass is 9.98. The van der Waals surface area contributed by atoms with E-state index in [-0.39, 0.29) is 23.4 Å². The van der Waals surface area contributed by atoms with Gasteiger partial charge in [-0.05, 0) is 76.2 Å². The fraction of sp³-hybridized carbons (Fsp3) is 0.423.